The first-order valence-corrected chi connectivity index (χ1v) is 21.8. The third kappa shape index (κ3) is 10.2. The van der Waals surface area contributed by atoms with Crippen LogP contribution in [0.3, 0.4) is 0 Å². The number of imidazole rings is 1. The summed E-state index contributed by atoms with van der Waals surface area (Å²) in [6.45, 7) is 2.58. The first-order valence-electron chi connectivity index (χ1n) is 16.3. The second-order valence-corrected chi connectivity index (χ2v) is 19.0. The van der Waals surface area contributed by atoms with Gasteiger partial charge in [-0.3, -0.25) is 23.0 Å². The maximum Gasteiger partial charge on any atom is 0.469 e. The van der Waals surface area contributed by atoms with Gasteiger partial charge in [0, 0.05) is 29.7 Å². The zero-order valence-corrected chi connectivity index (χ0v) is 32.2. The van der Waals surface area contributed by atoms with Crippen LogP contribution in [0.25, 0.3) is 11.2 Å². The molecule has 0 radical (unpaired) electrons. The molecule has 3 aromatic rings. The number of aliphatic hydroxyl groups excluding tert-OH is 1. The molecular weight excluding hydrogens is 798 g/mol. The second kappa shape index (κ2) is 17.6. The molecule has 2 unspecified atom stereocenters. The van der Waals surface area contributed by atoms with Crippen LogP contribution in [0.2, 0.25) is 0 Å². The Kier molecular flexibility index (Phi) is 13.8. The van der Waals surface area contributed by atoms with Crippen LogP contribution in [0.5, 0.6) is 0 Å². The van der Waals surface area contributed by atoms with Gasteiger partial charge in [0.25, 0.3) is 0 Å². The van der Waals surface area contributed by atoms with Gasteiger partial charge in [-0.2, -0.15) is 4.98 Å². The first-order chi connectivity index (χ1) is 25.4. The SMILES string of the molecule is CC(C)SSC(CN)C[C@H](N)C(=O)O[C@H]1[C@@H](O)[C@H](n2cnc3c(N)ncnc32)O[C@@H]1COP(=O)(O)[C@H]1C[C@H](n2ccc(N)nc2=O)O[C@@H]1COP(=O)(O)O. The van der Waals surface area contributed by atoms with Crippen molar-refractivity contribution < 1.29 is 57.0 Å². The standard InChI is InChI=1S/C27H42N10O13P2S2/c1-12(2)53-54-13(7-28)5-14(29)26(39)50-22-16(49-25(21(22)38)37-11-34-20-23(31)32-10-33-24(20)37)9-46-51(41,42)17-6-19(36-4-3-18(30)35-27(36)40)48-15(17)8-47-52(43,44)45/h3-4,10-17,19,21-22,25,38H,5-9,28-29H2,1-2H3,(H,41,42)(H2,30,35,40)(H2,31,32,33)(H2,43,44,45)/t13?,14-,15+,16+,17-,19+,21+,22+,25+/m0/s1. The highest BCUT2D eigenvalue weighted by Crippen LogP contribution is 2.56. The van der Waals surface area contributed by atoms with Gasteiger partial charge in [-0.05, 0) is 12.5 Å². The van der Waals surface area contributed by atoms with Crippen molar-refractivity contribution >= 4 is 65.8 Å². The van der Waals surface area contributed by atoms with E-state index in [1.165, 1.54) is 34.0 Å². The molecule has 0 spiro atoms. The van der Waals surface area contributed by atoms with E-state index >= 15 is 0 Å². The second-order valence-electron chi connectivity index (χ2n) is 12.6. The number of ether oxygens (including phenoxy) is 3. The molecule has 0 aliphatic carbocycles. The Labute approximate surface area is 315 Å². The summed E-state index contributed by atoms with van der Waals surface area (Å²) in [6.07, 6.45) is -5.23. The average molecular weight is 841 g/mol. The molecule has 3 aromatic heterocycles. The van der Waals surface area contributed by atoms with Crippen LogP contribution >= 0.6 is 37.0 Å². The Morgan fingerprint density at radius 3 is 2.46 bits per heavy atom. The van der Waals surface area contributed by atoms with Crippen molar-refractivity contribution in [2.24, 2.45) is 11.5 Å². The van der Waals surface area contributed by atoms with E-state index in [0.717, 1.165) is 10.9 Å². The molecule has 0 saturated carbocycles. The maximum atomic E-state index is 13.9. The largest absolute Gasteiger partial charge is 0.469 e. The molecule has 54 heavy (non-hydrogen) atoms. The first kappa shape index (κ1) is 42.4. The number of aromatic nitrogens is 6. The lowest BCUT2D eigenvalue weighted by atomic mass is 10.1. The van der Waals surface area contributed by atoms with Crippen molar-refractivity contribution in [3.8, 4) is 0 Å². The summed E-state index contributed by atoms with van der Waals surface area (Å²) in [4.78, 5) is 71.6. The van der Waals surface area contributed by atoms with Gasteiger partial charge in [0.1, 0.15) is 42.1 Å². The number of aliphatic hydroxyl groups is 1. The Morgan fingerprint density at radius 1 is 1.07 bits per heavy atom. The fraction of sp³-hybridized carbons (Fsp3) is 0.630. The zero-order chi connectivity index (χ0) is 39.5. The van der Waals surface area contributed by atoms with E-state index < -0.39 is 88.9 Å². The highest BCUT2D eigenvalue weighted by atomic mass is 33.1. The Bertz CT molecular complexity index is 1940. The van der Waals surface area contributed by atoms with Crippen molar-refractivity contribution in [2.75, 3.05) is 31.2 Å². The minimum absolute atomic E-state index is 0.0376. The van der Waals surface area contributed by atoms with Crippen LogP contribution in [0.15, 0.2) is 29.7 Å². The van der Waals surface area contributed by atoms with Gasteiger partial charge in [-0.25, -0.2) is 24.3 Å². The van der Waals surface area contributed by atoms with E-state index in [-0.39, 0.29) is 52.7 Å². The highest BCUT2D eigenvalue weighted by Gasteiger charge is 2.52. The molecule has 10 atom stereocenters. The summed E-state index contributed by atoms with van der Waals surface area (Å²) in [5, 5.41) is 11.6. The smallest absolute Gasteiger partial charge is 0.455 e. The molecule has 2 aliphatic heterocycles. The zero-order valence-electron chi connectivity index (χ0n) is 28.8. The van der Waals surface area contributed by atoms with E-state index in [0.29, 0.717) is 0 Å². The van der Waals surface area contributed by atoms with Gasteiger partial charge in [0.15, 0.2) is 23.8 Å². The predicted molar refractivity (Wildman–Crippen MR) is 194 cm³/mol. The molecule has 23 nitrogen and oxygen atoms in total. The summed E-state index contributed by atoms with van der Waals surface area (Å²) in [5.41, 5.74) is 21.6. The number of nitrogens with two attached hydrogens (primary N) is 4. The van der Waals surface area contributed by atoms with Crippen molar-refractivity contribution in [3.05, 3.63) is 35.4 Å². The topological polar surface area (TPSA) is 361 Å². The Hall–Kier alpha value is -2.74. The van der Waals surface area contributed by atoms with Crippen LogP contribution in [-0.2, 0) is 37.2 Å². The van der Waals surface area contributed by atoms with Crippen molar-refractivity contribution in [1.29, 1.82) is 0 Å². The predicted octanol–water partition coefficient (Wildman–Crippen LogP) is -0.780. The van der Waals surface area contributed by atoms with Crippen LogP contribution in [0.4, 0.5) is 11.6 Å². The molecule has 2 fully saturated rings. The van der Waals surface area contributed by atoms with E-state index in [9.17, 15) is 38.5 Å². The molecule has 300 valence electrons. The molecule has 5 rings (SSSR count). The van der Waals surface area contributed by atoms with Crippen LogP contribution in [-0.4, -0.2) is 121 Å². The van der Waals surface area contributed by atoms with Gasteiger partial charge < -0.3 is 61.5 Å². The van der Waals surface area contributed by atoms with Gasteiger partial charge in [0.05, 0.1) is 31.3 Å². The number of anilines is 2. The van der Waals surface area contributed by atoms with E-state index in [4.69, 9.17) is 41.7 Å². The molecule has 12 N–H and O–H groups in total. The number of nitrogens with zero attached hydrogens (tertiary/aromatic N) is 6. The number of rotatable bonds is 17. The van der Waals surface area contributed by atoms with Crippen LogP contribution < -0.4 is 28.6 Å². The lowest BCUT2D eigenvalue weighted by Gasteiger charge is -2.26. The number of esters is 1. The van der Waals surface area contributed by atoms with Gasteiger partial charge >= 0.3 is 27.1 Å². The number of hydrogen-bond acceptors (Lipinski definition) is 20. The number of nitrogen functional groups attached to an aromatic ring is 2. The summed E-state index contributed by atoms with van der Waals surface area (Å²) in [6, 6.07) is 0.107. The molecule has 2 aliphatic rings. The third-order valence-electron chi connectivity index (χ3n) is 8.31. The van der Waals surface area contributed by atoms with Crippen LogP contribution in [0.1, 0.15) is 39.1 Å². The molecule has 0 aromatic carbocycles. The lowest BCUT2D eigenvalue weighted by Crippen LogP contribution is -2.44. The number of fused-ring (bicyclic) bond motifs is 1. The molecule has 5 heterocycles. The summed E-state index contributed by atoms with van der Waals surface area (Å²) < 4.78 is 55.3. The third-order valence-corrected chi connectivity index (χ3v) is 14.1. The minimum Gasteiger partial charge on any atom is -0.455 e. The van der Waals surface area contributed by atoms with Gasteiger partial charge in [-0.1, -0.05) is 35.4 Å². The molecule has 0 amide bonds. The van der Waals surface area contributed by atoms with Crippen molar-refractivity contribution in [1.82, 2.24) is 29.1 Å². The van der Waals surface area contributed by atoms with E-state index in [1.54, 1.807) is 10.8 Å². The quantitative estimate of drug-likeness (QED) is 0.0469. The minimum atomic E-state index is -5.08. The Balaban J connectivity index is 1.38. The van der Waals surface area contributed by atoms with Crippen molar-refractivity contribution in [3.63, 3.8) is 0 Å². The normalized spacial score (nSPS) is 26.9. The molecule has 2 saturated heterocycles. The molecule has 27 heteroatoms. The van der Waals surface area contributed by atoms with E-state index in [2.05, 4.69) is 24.5 Å². The number of phosphoric acid groups is 1. The fourth-order valence-electron chi connectivity index (χ4n) is 5.72. The number of carbonyl (C=O) groups is 1. The molecular formula is C27H42N10O13P2S2. The number of carbonyl (C=O) groups excluding carboxylic acids is 1. The van der Waals surface area contributed by atoms with Crippen LogP contribution in [0, 0.1) is 0 Å². The van der Waals surface area contributed by atoms with Crippen molar-refractivity contribution in [2.45, 2.75) is 85.8 Å². The van der Waals surface area contributed by atoms with Gasteiger partial charge in [-0.15, -0.1) is 0 Å². The summed E-state index contributed by atoms with van der Waals surface area (Å²) in [5.74, 6) is -0.976. The Morgan fingerprint density at radius 2 is 1.80 bits per heavy atom. The number of hydrogen-bond donors (Lipinski definition) is 8. The van der Waals surface area contributed by atoms with Gasteiger partial charge in [0.2, 0.25) is 0 Å². The summed E-state index contributed by atoms with van der Waals surface area (Å²) in [7, 11) is -6.93. The van der Waals surface area contributed by atoms with E-state index in [1.807, 2.05) is 13.8 Å². The average Bonchev–Trinajstić information content (AvgIpc) is 3.81. The fourth-order valence-corrected chi connectivity index (χ4v) is 9.99. The maximum absolute atomic E-state index is 13.9. The summed E-state index contributed by atoms with van der Waals surface area (Å²) >= 11 is 0. The molecule has 0 bridgehead atoms. The number of phosphoric ester groups is 1. The monoisotopic (exact) mass is 840 g/mol. The lowest BCUT2D eigenvalue weighted by molar-refractivity contribution is -0.158. The highest BCUT2D eigenvalue weighted by molar-refractivity contribution is 8.77.